The topological polar surface area (TPSA) is 26.0 Å². The van der Waals surface area contributed by atoms with E-state index in [2.05, 4.69) is 15.9 Å². The van der Waals surface area contributed by atoms with Gasteiger partial charge in [-0.1, -0.05) is 22.0 Å². The molecule has 1 heterocycles. The Bertz CT molecular complexity index is 563. The maximum Gasteiger partial charge on any atom is 0.417 e. The van der Waals surface area contributed by atoms with E-state index >= 15 is 0 Å². The van der Waals surface area contributed by atoms with E-state index in [1.54, 1.807) is 12.1 Å². The highest BCUT2D eigenvalue weighted by Gasteiger charge is 2.33. The van der Waals surface area contributed by atoms with E-state index in [9.17, 15) is 13.2 Å². The van der Waals surface area contributed by atoms with Gasteiger partial charge in [0.25, 0.3) is 0 Å². The smallest absolute Gasteiger partial charge is 0.326 e. The van der Waals surface area contributed by atoms with Crippen LogP contribution in [0.1, 0.15) is 10.4 Å². The van der Waals surface area contributed by atoms with Gasteiger partial charge in [-0.25, -0.2) is 0 Å². The summed E-state index contributed by atoms with van der Waals surface area (Å²) in [6, 6.07) is 7.84. The summed E-state index contributed by atoms with van der Waals surface area (Å²) in [6.45, 7) is 0.396. The van der Waals surface area contributed by atoms with Crippen molar-refractivity contribution in [1.29, 1.82) is 0 Å². The molecule has 0 spiro atoms. The van der Waals surface area contributed by atoms with Gasteiger partial charge in [0, 0.05) is 20.8 Å². The van der Waals surface area contributed by atoms with Crippen LogP contribution >= 0.6 is 27.3 Å². The lowest BCUT2D eigenvalue weighted by Crippen LogP contribution is -2.05. The summed E-state index contributed by atoms with van der Waals surface area (Å²) < 4.78 is 38.4. The zero-order valence-corrected chi connectivity index (χ0v) is 11.5. The van der Waals surface area contributed by atoms with Crippen molar-refractivity contribution < 1.29 is 13.2 Å². The SMILES string of the molecule is NCc1ccc(-c2ccc(Br)c(C(F)(F)F)c2)s1. The first kappa shape index (κ1) is 13.6. The van der Waals surface area contributed by atoms with Gasteiger partial charge in [-0.2, -0.15) is 13.2 Å². The highest BCUT2D eigenvalue weighted by atomic mass is 79.9. The molecule has 0 saturated carbocycles. The van der Waals surface area contributed by atoms with Crippen LogP contribution in [-0.2, 0) is 12.7 Å². The second kappa shape index (κ2) is 5.03. The van der Waals surface area contributed by atoms with E-state index in [1.165, 1.54) is 17.4 Å². The number of alkyl halides is 3. The Balaban J connectivity index is 2.47. The Morgan fingerprint density at radius 1 is 1.17 bits per heavy atom. The molecule has 0 fully saturated rings. The fourth-order valence-electron chi connectivity index (χ4n) is 1.54. The first-order chi connectivity index (χ1) is 8.41. The lowest BCUT2D eigenvalue weighted by molar-refractivity contribution is -0.138. The molecule has 1 nitrogen and oxygen atoms in total. The fourth-order valence-corrected chi connectivity index (χ4v) is 2.89. The summed E-state index contributed by atoms with van der Waals surface area (Å²) in [5.41, 5.74) is 5.37. The second-order valence-corrected chi connectivity index (χ2v) is 5.69. The molecule has 2 rings (SSSR count). The predicted molar refractivity (Wildman–Crippen MR) is 70.3 cm³/mol. The van der Waals surface area contributed by atoms with E-state index in [1.807, 2.05) is 6.07 Å². The van der Waals surface area contributed by atoms with Crippen LogP contribution in [0.25, 0.3) is 10.4 Å². The summed E-state index contributed by atoms with van der Waals surface area (Å²) in [4.78, 5) is 1.73. The molecule has 96 valence electrons. The molecule has 0 unspecified atom stereocenters. The Kier molecular flexibility index (Phi) is 3.79. The van der Waals surface area contributed by atoms with E-state index in [4.69, 9.17) is 5.73 Å². The molecule has 0 aliphatic heterocycles. The Hall–Kier alpha value is -0.850. The standard InChI is InChI=1S/C12H9BrF3NS/c13-10-3-1-7(5-9(10)12(14,15)16)11-4-2-8(6-17)18-11/h1-5H,6,17H2. The third kappa shape index (κ3) is 2.76. The number of nitrogens with two attached hydrogens (primary N) is 1. The van der Waals surface area contributed by atoms with Gasteiger partial charge in [-0.05, 0) is 29.8 Å². The molecule has 0 bridgehead atoms. The van der Waals surface area contributed by atoms with Crippen LogP contribution in [0.4, 0.5) is 13.2 Å². The van der Waals surface area contributed by atoms with Gasteiger partial charge in [0.2, 0.25) is 0 Å². The van der Waals surface area contributed by atoms with Crippen molar-refractivity contribution in [3.8, 4) is 10.4 Å². The summed E-state index contributed by atoms with van der Waals surface area (Å²) in [5.74, 6) is 0. The molecule has 18 heavy (non-hydrogen) atoms. The van der Waals surface area contributed by atoms with Gasteiger partial charge in [0.1, 0.15) is 0 Å². The number of benzene rings is 1. The van der Waals surface area contributed by atoms with Crippen LogP contribution in [0, 0.1) is 0 Å². The zero-order chi connectivity index (χ0) is 13.3. The van der Waals surface area contributed by atoms with Crippen molar-refractivity contribution in [2.45, 2.75) is 12.7 Å². The highest BCUT2D eigenvalue weighted by molar-refractivity contribution is 9.10. The summed E-state index contributed by atoms with van der Waals surface area (Å²) >= 11 is 4.32. The van der Waals surface area contributed by atoms with Crippen molar-refractivity contribution in [3.63, 3.8) is 0 Å². The number of rotatable bonds is 2. The molecule has 1 aromatic carbocycles. The van der Waals surface area contributed by atoms with E-state index in [0.717, 1.165) is 15.8 Å². The zero-order valence-electron chi connectivity index (χ0n) is 9.09. The van der Waals surface area contributed by atoms with Crippen molar-refractivity contribution in [2.75, 3.05) is 0 Å². The normalized spacial score (nSPS) is 11.8. The van der Waals surface area contributed by atoms with E-state index in [-0.39, 0.29) is 4.47 Å². The molecule has 0 saturated heterocycles. The van der Waals surface area contributed by atoms with Gasteiger partial charge < -0.3 is 5.73 Å². The minimum Gasteiger partial charge on any atom is -0.326 e. The van der Waals surface area contributed by atoms with Gasteiger partial charge in [-0.3, -0.25) is 0 Å². The number of halogens is 4. The summed E-state index contributed by atoms with van der Waals surface area (Å²) in [7, 11) is 0. The largest absolute Gasteiger partial charge is 0.417 e. The molecule has 6 heteroatoms. The average Bonchev–Trinajstić information content (AvgIpc) is 2.76. The first-order valence-electron chi connectivity index (χ1n) is 5.07. The summed E-state index contributed by atoms with van der Waals surface area (Å²) in [6.07, 6.45) is -4.36. The molecule has 2 N–H and O–H groups in total. The maximum atomic E-state index is 12.8. The molecule has 0 aliphatic carbocycles. The molecule has 1 aromatic heterocycles. The van der Waals surface area contributed by atoms with E-state index < -0.39 is 11.7 Å². The number of hydrogen-bond acceptors (Lipinski definition) is 2. The van der Waals surface area contributed by atoms with Crippen LogP contribution < -0.4 is 5.73 Å². The lowest BCUT2D eigenvalue weighted by Gasteiger charge is -2.10. The number of thiophene rings is 1. The monoisotopic (exact) mass is 335 g/mol. The van der Waals surface area contributed by atoms with Crippen molar-refractivity contribution >= 4 is 27.3 Å². The first-order valence-corrected chi connectivity index (χ1v) is 6.68. The second-order valence-electron chi connectivity index (χ2n) is 3.66. The lowest BCUT2D eigenvalue weighted by atomic mass is 10.1. The number of hydrogen-bond donors (Lipinski definition) is 1. The van der Waals surface area contributed by atoms with Crippen LogP contribution in [-0.4, -0.2) is 0 Å². The van der Waals surface area contributed by atoms with Gasteiger partial charge >= 0.3 is 6.18 Å². The minimum atomic E-state index is -4.36. The maximum absolute atomic E-state index is 12.8. The van der Waals surface area contributed by atoms with Crippen LogP contribution in [0.5, 0.6) is 0 Å². The van der Waals surface area contributed by atoms with Crippen LogP contribution in [0.2, 0.25) is 0 Å². The summed E-state index contributed by atoms with van der Waals surface area (Å²) in [5, 5.41) is 0. The third-order valence-corrected chi connectivity index (χ3v) is 4.27. The quantitative estimate of drug-likeness (QED) is 0.848. The molecule has 0 atom stereocenters. The Morgan fingerprint density at radius 3 is 2.44 bits per heavy atom. The van der Waals surface area contributed by atoms with Gasteiger partial charge in [-0.15, -0.1) is 11.3 Å². The van der Waals surface area contributed by atoms with Crippen molar-refractivity contribution in [1.82, 2.24) is 0 Å². The Labute approximate surface area is 115 Å². The highest BCUT2D eigenvalue weighted by Crippen LogP contribution is 2.38. The van der Waals surface area contributed by atoms with Crippen LogP contribution in [0.15, 0.2) is 34.8 Å². The molecule has 0 aliphatic rings. The molecule has 2 aromatic rings. The van der Waals surface area contributed by atoms with Crippen molar-refractivity contribution in [2.24, 2.45) is 5.73 Å². The van der Waals surface area contributed by atoms with E-state index in [0.29, 0.717) is 12.1 Å². The third-order valence-electron chi connectivity index (χ3n) is 2.42. The fraction of sp³-hybridized carbons (Fsp3) is 0.167. The van der Waals surface area contributed by atoms with Gasteiger partial charge in [0.15, 0.2) is 0 Å². The molecular weight excluding hydrogens is 327 g/mol. The van der Waals surface area contributed by atoms with Crippen molar-refractivity contribution in [3.05, 3.63) is 45.2 Å². The van der Waals surface area contributed by atoms with Crippen LogP contribution in [0.3, 0.4) is 0 Å². The molecule has 0 amide bonds. The Morgan fingerprint density at radius 2 is 1.89 bits per heavy atom. The molecule has 0 radical (unpaired) electrons. The minimum absolute atomic E-state index is 0.0503. The van der Waals surface area contributed by atoms with Gasteiger partial charge in [0.05, 0.1) is 5.56 Å². The molecular formula is C12H9BrF3NS. The average molecular weight is 336 g/mol. The predicted octanol–water partition coefficient (Wildman–Crippen LogP) is 4.66.